The van der Waals surface area contributed by atoms with Gasteiger partial charge in [-0.2, -0.15) is 0 Å². The van der Waals surface area contributed by atoms with Crippen LogP contribution in [0.4, 0.5) is 4.79 Å². The number of hydrogen-bond donors (Lipinski definition) is 3. The lowest BCUT2D eigenvalue weighted by atomic mass is 10.1. The van der Waals surface area contributed by atoms with Gasteiger partial charge in [0.1, 0.15) is 13.1 Å². The Kier molecular flexibility index (Phi) is 6.69. The molecule has 0 saturated carbocycles. The number of urea groups is 1. The third kappa shape index (κ3) is 7.15. The molecule has 1 unspecified atom stereocenters. The van der Waals surface area contributed by atoms with E-state index in [4.69, 9.17) is 10.2 Å². The van der Waals surface area contributed by atoms with Gasteiger partial charge >= 0.3 is 18.0 Å². The third-order valence-corrected chi connectivity index (χ3v) is 2.24. The first-order valence-corrected chi connectivity index (χ1v) is 5.33. The molecule has 7 nitrogen and oxygen atoms in total. The van der Waals surface area contributed by atoms with Crippen molar-refractivity contribution in [1.29, 1.82) is 0 Å². The van der Waals surface area contributed by atoms with Crippen LogP contribution in [-0.4, -0.2) is 52.7 Å². The molecule has 98 valence electrons. The van der Waals surface area contributed by atoms with E-state index in [1.165, 1.54) is 0 Å². The van der Waals surface area contributed by atoms with Crippen molar-refractivity contribution in [3.8, 4) is 0 Å². The third-order valence-electron chi connectivity index (χ3n) is 2.24. The van der Waals surface area contributed by atoms with E-state index < -0.39 is 31.1 Å². The Morgan fingerprint density at radius 2 is 1.65 bits per heavy atom. The van der Waals surface area contributed by atoms with Gasteiger partial charge in [0.15, 0.2) is 0 Å². The molecule has 3 N–H and O–H groups in total. The van der Waals surface area contributed by atoms with Crippen LogP contribution in [0.5, 0.6) is 0 Å². The highest BCUT2D eigenvalue weighted by Gasteiger charge is 2.19. The maximum Gasteiger partial charge on any atom is 0.323 e. The predicted octanol–water partition coefficient (Wildman–Crippen LogP) is 0.213. The number of nitrogens with one attached hydrogen (secondary N) is 1. The highest BCUT2D eigenvalue weighted by Crippen LogP contribution is 1.98. The Balaban J connectivity index is 4.31. The van der Waals surface area contributed by atoms with Gasteiger partial charge in [0.25, 0.3) is 0 Å². The van der Waals surface area contributed by atoms with Gasteiger partial charge in [-0.15, -0.1) is 0 Å². The monoisotopic (exact) mass is 246 g/mol. The maximum atomic E-state index is 11.5. The maximum absolute atomic E-state index is 11.5. The second-order valence-electron chi connectivity index (χ2n) is 3.84. The minimum absolute atomic E-state index is 0.260. The number of carbonyl (C=O) groups excluding carboxylic acids is 1. The average Bonchev–Trinajstić information content (AvgIpc) is 2.23. The zero-order valence-electron chi connectivity index (χ0n) is 9.97. The molecule has 0 saturated heterocycles. The van der Waals surface area contributed by atoms with Gasteiger partial charge in [-0.05, 0) is 5.92 Å². The first kappa shape index (κ1) is 15.2. The molecule has 2 amide bonds. The molecule has 0 fully saturated rings. The Bertz CT molecular complexity index is 276. The molecule has 0 aromatic heterocycles. The number of carboxylic acids is 2. The summed E-state index contributed by atoms with van der Waals surface area (Å²) in [5.41, 5.74) is 0. The Morgan fingerprint density at radius 1 is 1.18 bits per heavy atom. The van der Waals surface area contributed by atoms with Crippen molar-refractivity contribution in [3.63, 3.8) is 0 Å². The fourth-order valence-electron chi connectivity index (χ4n) is 1.04. The first-order chi connectivity index (χ1) is 7.86. The van der Waals surface area contributed by atoms with E-state index in [1.807, 2.05) is 13.8 Å². The van der Waals surface area contributed by atoms with Gasteiger partial charge in [0.05, 0.1) is 0 Å². The van der Waals surface area contributed by atoms with Crippen molar-refractivity contribution in [2.75, 3.05) is 19.6 Å². The molecule has 0 aromatic rings. The first-order valence-electron chi connectivity index (χ1n) is 5.33. The average molecular weight is 246 g/mol. The molecule has 0 bridgehead atoms. The zero-order valence-corrected chi connectivity index (χ0v) is 9.97. The molecule has 7 heteroatoms. The van der Waals surface area contributed by atoms with Gasteiger partial charge in [0.2, 0.25) is 0 Å². The minimum atomic E-state index is -1.25. The van der Waals surface area contributed by atoms with E-state index in [0.29, 0.717) is 6.54 Å². The van der Waals surface area contributed by atoms with Gasteiger partial charge in [-0.25, -0.2) is 4.79 Å². The Hall–Kier alpha value is -1.79. The van der Waals surface area contributed by atoms with Crippen molar-refractivity contribution < 1.29 is 24.6 Å². The lowest BCUT2D eigenvalue weighted by molar-refractivity contribution is -0.140. The SMILES string of the molecule is CCC(C)CNC(=O)N(CC(=O)O)CC(=O)O. The molecule has 1 atom stereocenters. The molecule has 0 heterocycles. The lowest BCUT2D eigenvalue weighted by Crippen LogP contribution is -2.46. The summed E-state index contributed by atoms with van der Waals surface area (Å²) in [7, 11) is 0. The molecular weight excluding hydrogens is 228 g/mol. The summed E-state index contributed by atoms with van der Waals surface area (Å²) in [4.78, 5) is 33.2. The van der Waals surface area contributed by atoms with Crippen molar-refractivity contribution in [2.45, 2.75) is 20.3 Å². The number of amides is 2. The fraction of sp³-hybridized carbons (Fsp3) is 0.700. The summed E-state index contributed by atoms with van der Waals surface area (Å²) >= 11 is 0. The van der Waals surface area contributed by atoms with E-state index in [1.54, 1.807) is 0 Å². The van der Waals surface area contributed by atoms with Crippen molar-refractivity contribution in [1.82, 2.24) is 10.2 Å². The highest BCUT2D eigenvalue weighted by molar-refractivity contribution is 5.84. The second kappa shape index (κ2) is 7.48. The van der Waals surface area contributed by atoms with E-state index in [2.05, 4.69) is 5.32 Å². The standard InChI is InChI=1S/C10H18N2O5/c1-3-7(2)4-11-10(17)12(5-8(13)14)6-9(15)16/h7H,3-6H2,1-2H3,(H,11,17)(H,13,14)(H,15,16). The number of rotatable bonds is 7. The fourth-order valence-corrected chi connectivity index (χ4v) is 1.04. The van der Waals surface area contributed by atoms with Crippen LogP contribution < -0.4 is 5.32 Å². The minimum Gasteiger partial charge on any atom is -0.480 e. The summed E-state index contributed by atoms with van der Waals surface area (Å²) in [6.45, 7) is 3.03. The van der Waals surface area contributed by atoms with Crippen LogP contribution >= 0.6 is 0 Å². The number of aliphatic carboxylic acids is 2. The van der Waals surface area contributed by atoms with Crippen LogP contribution in [0, 0.1) is 5.92 Å². The smallest absolute Gasteiger partial charge is 0.323 e. The van der Waals surface area contributed by atoms with Crippen molar-refractivity contribution in [2.24, 2.45) is 5.92 Å². The zero-order chi connectivity index (χ0) is 13.4. The molecular formula is C10H18N2O5. The van der Waals surface area contributed by atoms with Crippen LogP contribution in [0.25, 0.3) is 0 Å². The van der Waals surface area contributed by atoms with Crippen LogP contribution in [0.3, 0.4) is 0 Å². The quantitative estimate of drug-likeness (QED) is 0.595. The lowest BCUT2D eigenvalue weighted by Gasteiger charge is -2.20. The second-order valence-corrected chi connectivity index (χ2v) is 3.84. The highest BCUT2D eigenvalue weighted by atomic mass is 16.4. The molecule has 0 rings (SSSR count). The molecule has 0 radical (unpaired) electrons. The van der Waals surface area contributed by atoms with E-state index in [-0.39, 0.29) is 5.92 Å². The molecule has 0 aliphatic heterocycles. The van der Waals surface area contributed by atoms with Crippen LogP contribution in [0.1, 0.15) is 20.3 Å². The summed E-state index contributed by atoms with van der Waals surface area (Å²) in [5, 5.41) is 19.6. The topological polar surface area (TPSA) is 107 Å². The van der Waals surface area contributed by atoms with Gasteiger partial charge in [-0.1, -0.05) is 20.3 Å². The van der Waals surface area contributed by atoms with Gasteiger partial charge in [-0.3, -0.25) is 9.59 Å². The van der Waals surface area contributed by atoms with Crippen LogP contribution in [0.2, 0.25) is 0 Å². The largest absolute Gasteiger partial charge is 0.480 e. The summed E-state index contributed by atoms with van der Waals surface area (Å²) in [6, 6.07) is -0.671. The molecule has 0 aromatic carbocycles. The summed E-state index contributed by atoms with van der Waals surface area (Å²) in [6.07, 6.45) is 0.873. The van der Waals surface area contributed by atoms with E-state index >= 15 is 0 Å². The molecule has 0 aliphatic rings. The van der Waals surface area contributed by atoms with Crippen molar-refractivity contribution in [3.05, 3.63) is 0 Å². The van der Waals surface area contributed by atoms with Gasteiger partial charge in [0, 0.05) is 6.54 Å². The number of nitrogens with zero attached hydrogens (tertiary/aromatic N) is 1. The van der Waals surface area contributed by atoms with Crippen LogP contribution in [0.15, 0.2) is 0 Å². The predicted molar refractivity (Wildman–Crippen MR) is 59.7 cm³/mol. The van der Waals surface area contributed by atoms with Crippen molar-refractivity contribution >= 4 is 18.0 Å². The van der Waals surface area contributed by atoms with Crippen LogP contribution in [-0.2, 0) is 9.59 Å². The van der Waals surface area contributed by atoms with E-state index in [0.717, 1.165) is 11.3 Å². The number of carboxylic acid groups (broad SMARTS) is 2. The summed E-state index contributed by atoms with van der Waals surface area (Å²) in [5.74, 6) is -2.23. The molecule has 17 heavy (non-hydrogen) atoms. The molecule has 0 aliphatic carbocycles. The molecule has 0 spiro atoms. The number of hydrogen-bond acceptors (Lipinski definition) is 3. The normalized spacial score (nSPS) is 11.6. The van der Waals surface area contributed by atoms with Gasteiger partial charge < -0.3 is 20.4 Å². The summed E-state index contributed by atoms with van der Waals surface area (Å²) < 4.78 is 0. The van der Waals surface area contributed by atoms with E-state index in [9.17, 15) is 14.4 Å². The number of carbonyl (C=O) groups is 3. The Labute approximate surface area is 99.4 Å². The Morgan fingerprint density at radius 3 is 2.00 bits per heavy atom.